The van der Waals surface area contributed by atoms with Gasteiger partial charge in [-0.1, -0.05) is 6.07 Å². The van der Waals surface area contributed by atoms with Crippen LogP contribution in [0.5, 0.6) is 0 Å². The van der Waals surface area contributed by atoms with Gasteiger partial charge < -0.3 is 5.32 Å². The summed E-state index contributed by atoms with van der Waals surface area (Å²) in [5, 5.41) is 11.7. The van der Waals surface area contributed by atoms with Crippen molar-refractivity contribution < 1.29 is 13.2 Å². The van der Waals surface area contributed by atoms with Crippen LogP contribution in [0.25, 0.3) is 0 Å². The summed E-state index contributed by atoms with van der Waals surface area (Å²) in [7, 11) is 0. The third-order valence-corrected chi connectivity index (χ3v) is 2.71. The number of rotatable bonds is 4. The number of halogens is 3. The van der Waals surface area contributed by atoms with Crippen molar-refractivity contribution in [2.24, 2.45) is 0 Å². The lowest BCUT2D eigenvalue weighted by molar-refractivity contribution is -0.0327. The van der Waals surface area contributed by atoms with Crippen molar-refractivity contribution in [3.63, 3.8) is 0 Å². The fraction of sp³-hybridized carbons (Fsp3) is 0.364. The van der Waals surface area contributed by atoms with Gasteiger partial charge in [0.15, 0.2) is 0 Å². The maximum absolute atomic E-state index is 11.9. The summed E-state index contributed by atoms with van der Waals surface area (Å²) >= 11 is -0.0760. The lowest BCUT2D eigenvalue weighted by atomic mass is 10.1. The number of thioether (sulfide) groups is 1. The van der Waals surface area contributed by atoms with Crippen molar-refractivity contribution in [3.05, 3.63) is 29.3 Å². The van der Waals surface area contributed by atoms with Crippen molar-refractivity contribution in [2.75, 3.05) is 17.6 Å². The number of nitrogens with zero attached hydrogens (tertiary/aromatic N) is 1. The molecule has 1 aromatic carbocycles. The van der Waals surface area contributed by atoms with Crippen LogP contribution >= 0.6 is 11.8 Å². The minimum Gasteiger partial charge on any atom is -0.383 e. The second-order valence-corrected chi connectivity index (χ2v) is 4.54. The van der Waals surface area contributed by atoms with Crippen LogP contribution in [0.2, 0.25) is 0 Å². The molecule has 0 radical (unpaired) electrons. The number of nitriles is 1. The zero-order valence-electron chi connectivity index (χ0n) is 9.14. The molecule has 0 aliphatic heterocycles. The predicted molar refractivity (Wildman–Crippen MR) is 62.9 cm³/mol. The van der Waals surface area contributed by atoms with Crippen LogP contribution in [0.4, 0.5) is 18.9 Å². The van der Waals surface area contributed by atoms with Crippen molar-refractivity contribution in [3.8, 4) is 6.07 Å². The molecule has 2 nitrogen and oxygen atoms in total. The molecule has 0 aromatic heterocycles. The normalized spacial score (nSPS) is 11.0. The number of hydrogen-bond acceptors (Lipinski definition) is 3. The maximum atomic E-state index is 11.9. The van der Waals surface area contributed by atoms with E-state index < -0.39 is 5.51 Å². The number of nitrogens with one attached hydrogen (secondary N) is 1. The average Bonchev–Trinajstić information content (AvgIpc) is 2.24. The molecular formula is C11H11F3N2S. The van der Waals surface area contributed by atoms with Gasteiger partial charge in [0.25, 0.3) is 0 Å². The summed E-state index contributed by atoms with van der Waals surface area (Å²) in [5.74, 6) is -0.0811. The van der Waals surface area contributed by atoms with Crippen LogP contribution in [0.1, 0.15) is 11.1 Å². The molecule has 1 N–H and O–H groups in total. The van der Waals surface area contributed by atoms with Gasteiger partial charge in [-0.05, 0) is 36.4 Å². The molecule has 92 valence electrons. The molecule has 0 heterocycles. The monoisotopic (exact) mass is 260 g/mol. The molecule has 0 unspecified atom stereocenters. The van der Waals surface area contributed by atoms with E-state index in [9.17, 15) is 13.2 Å². The highest BCUT2D eigenvalue weighted by molar-refractivity contribution is 8.00. The third-order valence-electron chi connectivity index (χ3n) is 1.98. The van der Waals surface area contributed by atoms with Gasteiger partial charge in [-0.25, -0.2) is 0 Å². The number of alkyl halides is 3. The lowest BCUT2D eigenvalue weighted by Crippen LogP contribution is -2.10. The molecule has 0 aliphatic rings. The third kappa shape index (κ3) is 5.00. The summed E-state index contributed by atoms with van der Waals surface area (Å²) in [6.45, 7) is 2.02. The summed E-state index contributed by atoms with van der Waals surface area (Å²) in [6.07, 6.45) is 0. The minimum atomic E-state index is -4.20. The molecule has 0 bridgehead atoms. The van der Waals surface area contributed by atoms with Crippen molar-refractivity contribution in [1.29, 1.82) is 5.26 Å². The SMILES string of the molecule is Cc1ccc(NCCSC(F)(F)F)c(C#N)c1. The van der Waals surface area contributed by atoms with E-state index in [2.05, 4.69) is 5.32 Å². The number of benzene rings is 1. The second-order valence-electron chi connectivity index (χ2n) is 3.38. The van der Waals surface area contributed by atoms with Crippen molar-refractivity contribution in [1.82, 2.24) is 0 Å². The highest BCUT2D eigenvalue weighted by Crippen LogP contribution is 2.29. The zero-order valence-corrected chi connectivity index (χ0v) is 9.95. The highest BCUT2D eigenvalue weighted by Gasteiger charge is 2.27. The molecular weight excluding hydrogens is 249 g/mol. The van der Waals surface area contributed by atoms with Crippen LogP contribution in [0.3, 0.4) is 0 Å². The number of hydrogen-bond donors (Lipinski definition) is 1. The Morgan fingerprint density at radius 3 is 2.71 bits per heavy atom. The van der Waals surface area contributed by atoms with Gasteiger partial charge in [-0.2, -0.15) is 18.4 Å². The Balaban J connectivity index is 2.50. The van der Waals surface area contributed by atoms with Crippen LogP contribution in [-0.4, -0.2) is 17.8 Å². The molecule has 0 spiro atoms. The molecule has 0 saturated heterocycles. The molecule has 0 amide bonds. The Morgan fingerprint density at radius 2 is 2.12 bits per heavy atom. The minimum absolute atomic E-state index is 0.0760. The van der Waals surface area contributed by atoms with E-state index >= 15 is 0 Å². The van der Waals surface area contributed by atoms with Crippen LogP contribution in [0.15, 0.2) is 18.2 Å². The van der Waals surface area contributed by atoms with Gasteiger partial charge in [0, 0.05) is 12.3 Å². The van der Waals surface area contributed by atoms with Crippen molar-refractivity contribution >= 4 is 17.4 Å². The molecule has 6 heteroatoms. The Labute approximate surface area is 102 Å². The summed E-state index contributed by atoms with van der Waals surface area (Å²) in [6, 6.07) is 7.20. The van der Waals surface area contributed by atoms with Gasteiger partial charge in [0.2, 0.25) is 0 Å². The zero-order chi connectivity index (χ0) is 12.9. The standard InChI is InChI=1S/C11H11F3N2S/c1-8-2-3-10(9(6-8)7-15)16-4-5-17-11(12,13)14/h2-3,6,16H,4-5H2,1H3. The molecule has 0 saturated carbocycles. The Bertz CT molecular complexity index is 424. The smallest absolute Gasteiger partial charge is 0.383 e. The van der Waals surface area contributed by atoms with Gasteiger partial charge >= 0.3 is 5.51 Å². The molecule has 0 fully saturated rings. The topological polar surface area (TPSA) is 35.8 Å². The summed E-state index contributed by atoms with van der Waals surface area (Å²) < 4.78 is 35.6. The van der Waals surface area contributed by atoms with E-state index in [4.69, 9.17) is 5.26 Å². The van der Waals surface area contributed by atoms with E-state index in [1.807, 2.05) is 13.0 Å². The van der Waals surface area contributed by atoms with Crippen LogP contribution in [-0.2, 0) is 0 Å². The predicted octanol–water partition coefficient (Wildman–Crippen LogP) is 3.53. The first kappa shape index (κ1) is 13.7. The molecule has 17 heavy (non-hydrogen) atoms. The second kappa shape index (κ2) is 5.82. The van der Waals surface area contributed by atoms with Gasteiger partial charge in [0.1, 0.15) is 6.07 Å². The van der Waals surface area contributed by atoms with Crippen molar-refractivity contribution in [2.45, 2.75) is 12.4 Å². The van der Waals surface area contributed by atoms with E-state index in [0.29, 0.717) is 11.3 Å². The van der Waals surface area contributed by atoms with E-state index in [1.165, 1.54) is 0 Å². The molecule has 1 aromatic rings. The van der Waals surface area contributed by atoms with Gasteiger partial charge in [-0.3, -0.25) is 0 Å². The van der Waals surface area contributed by atoms with Crippen LogP contribution in [0, 0.1) is 18.3 Å². The summed E-state index contributed by atoms with van der Waals surface area (Å²) in [4.78, 5) is 0. The summed E-state index contributed by atoms with van der Waals surface area (Å²) in [5.41, 5.74) is -2.24. The first-order valence-electron chi connectivity index (χ1n) is 4.87. The number of aryl methyl sites for hydroxylation is 1. The largest absolute Gasteiger partial charge is 0.441 e. The highest BCUT2D eigenvalue weighted by atomic mass is 32.2. The molecule has 0 aliphatic carbocycles. The number of anilines is 1. The fourth-order valence-electron chi connectivity index (χ4n) is 1.26. The lowest BCUT2D eigenvalue weighted by Gasteiger charge is -2.09. The molecule has 0 atom stereocenters. The van der Waals surface area contributed by atoms with E-state index in [-0.39, 0.29) is 24.1 Å². The maximum Gasteiger partial charge on any atom is 0.441 e. The fourth-order valence-corrected chi connectivity index (χ4v) is 1.69. The Kier molecular flexibility index (Phi) is 4.70. The first-order valence-corrected chi connectivity index (χ1v) is 5.86. The van der Waals surface area contributed by atoms with E-state index in [1.54, 1.807) is 18.2 Å². The average molecular weight is 260 g/mol. The van der Waals surface area contributed by atoms with Gasteiger partial charge in [0.05, 0.1) is 11.3 Å². The van der Waals surface area contributed by atoms with Gasteiger partial charge in [-0.15, -0.1) is 0 Å². The Hall–Kier alpha value is -1.35. The van der Waals surface area contributed by atoms with Crippen LogP contribution < -0.4 is 5.32 Å². The van der Waals surface area contributed by atoms with E-state index in [0.717, 1.165) is 5.56 Å². The molecule has 1 rings (SSSR count). The first-order chi connectivity index (χ1) is 7.92. The Morgan fingerprint density at radius 1 is 1.41 bits per heavy atom. The quantitative estimate of drug-likeness (QED) is 0.841.